The lowest BCUT2D eigenvalue weighted by molar-refractivity contribution is -0.165. The summed E-state index contributed by atoms with van der Waals surface area (Å²) < 4.78 is 36.7. The summed E-state index contributed by atoms with van der Waals surface area (Å²) in [5, 5.41) is 2.78. The average Bonchev–Trinajstić information content (AvgIpc) is 2.96. The molecular formula is C17H19F3N2O2. The Morgan fingerprint density at radius 3 is 2.58 bits per heavy atom. The molecule has 1 saturated heterocycles. The van der Waals surface area contributed by atoms with Crippen LogP contribution in [0, 0.1) is 13.8 Å². The van der Waals surface area contributed by atoms with Crippen LogP contribution < -0.4 is 5.32 Å². The number of carbonyl (C=O) groups is 2. The Bertz CT molecular complexity index is 668. The summed E-state index contributed by atoms with van der Waals surface area (Å²) in [7, 11) is 0. The number of hydrogen-bond acceptors (Lipinski definition) is 3. The number of amides is 1. The van der Waals surface area contributed by atoms with Crippen molar-refractivity contribution in [3.05, 3.63) is 41.6 Å². The molecule has 1 aromatic rings. The minimum atomic E-state index is -4.90. The van der Waals surface area contributed by atoms with Crippen molar-refractivity contribution in [3.8, 4) is 0 Å². The zero-order valence-electron chi connectivity index (χ0n) is 13.5. The van der Waals surface area contributed by atoms with E-state index in [9.17, 15) is 22.8 Å². The molecule has 1 aliphatic heterocycles. The second-order valence-electron chi connectivity index (χ2n) is 5.86. The largest absolute Gasteiger partial charge is 0.454 e. The van der Waals surface area contributed by atoms with E-state index in [1.165, 1.54) is 4.90 Å². The maximum atomic E-state index is 12.4. The number of nitrogens with one attached hydrogen (secondary N) is 1. The van der Waals surface area contributed by atoms with Gasteiger partial charge in [0, 0.05) is 24.5 Å². The smallest absolute Gasteiger partial charge is 0.365 e. The van der Waals surface area contributed by atoms with Gasteiger partial charge in [0.2, 0.25) is 5.91 Å². The average molecular weight is 340 g/mol. The van der Waals surface area contributed by atoms with Crippen LogP contribution >= 0.6 is 0 Å². The highest BCUT2D eigenvalue weighted by atomic mass is 19.4. The van der Waals surface area contributed by atoms with Crippen molar-refractivity contribution in [2.24, 2.45) is 0 Å². The van der Waals surface area contributed by atoms with Crippen LogP contribution in [0.25, 0.3) is 0 Å². The number of hydrogen-bond donors (Lipinski definition) is 1. The van der Waals surface area contributed by atoms with E-state index >= 15 is 0 Å². The lowest BCUT2D eigenvalue weighted by atomic mass is 10.1. The van der Waals surface area contributed by atoms with Gasteiger partial charge < -0.3 is 10.2 Å². The Labute approximate surface area is 138 Å². The van der Waals surface area contributed by atoms with Gasteiger partial charge in [-0.05, 0) is 49.9 Å². The fraction of sp³-hybridized carbons (Fsp3) is 0.412. The third-order valence-corrected chi connectivity index (χ3v) is 4.07. The van der Waals surface area contributed by atoms with Crippen molar-refractivity contribution >= 4 is 17.4 Å². The lowest BCUT2D eigenvalue weighted by Gasteiger charge is -2.22. The minimum Gasteiger partial charge on any atom is -0.365 e. The Morgan fingerprint density at radius 2 is 1.96 bits per heavy atom. The van der Waals surface area contributed by atoms with Crippen molar-refractivity contribution < 1.29 is 22.8 Å². The lowest BCUT2D eigenvalue weighted by Crippen LogP contribution is -2.36. The Kier molecular flexibility index (Phi) is 5.31. The zero-order valence-corrected chi connectivity index (χ0v) is 13.5. The molecule has 0 unspecified atom stereocenters. The number of halogens is 3. The molecule has 1 fully saturated rings. The normalized spacial score (nSPS) is 18.2. The second kappa shape index (κ2) is 7.07. The highest BCUT2D eigenvalue weighted by molar-refractivity contribution is 5.96. The molecule has 0 spiro atoms. The number of benzene rings is 1. The van der Waals surface area contributed by atoms with Crippen LogP contribution in [-0.4, -0.2) is 35.4 Å². The van der Waals surface area contributed by atoms with Crippen LogP contribution in [0.1, 0.15) is 24.0 Å². The number of aryl methyl sites for hydroxylation is 2. The van der Waals surface area contributed by atoms with E-state index in [-0.39, 0.29) is 5.91 Å². The summed E-state index contributed by atoms with van der Waals surface area (Å²) in [5.74, 6) is -2.22. The molecule has 1 N–H and O–H groups in total. The fourth-order valence-electron chi connectivity index (χ4n) is 2.55. The highest BCUT2D eigenvalue weighted by Crippen LogP contribution is 2.22. The molecule has 2 rings (SSSR count). The standard InChI is InChI=1S/C17H19F3N2O2/c1-11-5-6-13(10-12(11)2)21-16(24)14-4-3-8-22(14)9-7-15(23)17(18,19)20/h5-7,9-10,14H,3-4,8H2,1-2H3,(H,21,24)/b9-7+/t14-/m0/s1. The number of anilines is 1. The molecule has 0 radical (unpaired) electrons. The van der Waals surface area contributed by atoms with Gasteiger partial charge in [-0.3, -0.25) is 9.59 Å². The SMILES string of the molecule is Cc1ccc(NC(=O)[C@@H]2CCCN2/C=C/C(=O)C(F)(F)F)cc1C. The molecule has 0 saturated carbocycles. The van der Waals surface area contributed by atoms with E-state index in [1.807, 2.05) is 26.0 Å². The molecule has 130 valence electrons. The first-order valence-electron chi connectivity index (χ1n) is 7.61. The molecule has 4 nitrogen and oxygen atoms in total. The molecule has 0 aromatic heterocycles. The molecule has 7 heteroatoms. The molecule has 1 aliphatic rings. The summed E-state index contributed by atoms with van der Waals surface area (Å²) in [4.78, 5) is 24.8. The second-order valence-corrected chi connectivity index (χ2v) is 5.86. The quantitative estimate of drug-likeness (QED) is 0.855. The highest BCUT2D eigenvalue weighted by Gasteiger charge is 2.37. The number of nitrogens with zero attached hydrogens (tertiary/aromatic N) is 1. The predicted molar refractivity (Wildman–Crippen MR) is 84.5 cm³/mol. The molecular weight excluding hydrogens is 321 g/mol. The van der Waals surface area contributed by atoms with E-state index in [1.54, 1.807) is 6.07 Å². The van der Waals surface area contributed by atoms with Gasteiger partial charge in [0.05, 0.1) is 0 Å². The molecule has 1 aromatic carbocycles. The van der Waals surface area contributed by atoms with Crippen molar-refractivity contribution in [1.82, 2.24) is 4.90 Å². The van der Waals surface area contributed by atoms with Crippen LogP contribution in [0.4, 0.5) is 18.9 Å². The van der Waals surface area contributed by atoms with Crippen LogP contribution in [0.3, 0.4) is 0 Å². The van der Waals surface area contributed by atoms with Crippen LogP contribution in [0.2, 0.25) is 0 Å². The monoisotopic (exact) mass is 340 g/mol. The predicted octanol–water partition coefficient (Wildman–Crippen LogP) is 3.35. The Morgan fingerprint density at radius 1 is 1.25 bits per heavy atom. The van der Waals surface area contributed by atoms with Gasteiger partial charge >= 0.3 is 6.18 Å². The van der Waals surface area contributed by atoms with Gasteiger partial charge in [0.1, 0.15) is 6.04 Å². The van der Waals surface area contributed by atoms with Gasteiger partial charge in [-0.2, -0.15) is 13.2 Å². The van der Waals surface area contributed by atoms with Crippen LogP contribution in [0.5, 0.6) is 0 Å². The fourth-order valence-corrected chi connectivity index (χ4v) is 2.55. The maximum Gasteiger partial charge on any atom is 0.454 e. The van der Waals surface area contributed by atoms with E-state index in [2.05, 4.69) is 5.32 Å². The third-order valence-electron chi connectivity index (χ3n) is 4.07. The third kappa shape index (κ3) is 4.37. The molecule has 24 heavy (non-hydrogen) atoms. The first kappa shape index (κ1) is 18.0. The van der Waals surface area contributed by atoms with Gasteiger partial charge in [0.25, 0.3) is 5.78 Å². The number of allylic oxidation sites excluding steroid dienone is 1. The van der Waals surface area contributed by atoms with Crippen molar-refractivity contribution in [3.63, 3.8) is 0 Å². The Hall–Kier alpha value is -2.31. The van der Waals surface area contributed by atoms with Crippen molar-refractivity contribution in [1.29, 1.82) is 0 Å². The van der Waals surface area contributed by atoms with Crippen LogP contribution in [-0.2, 0) is 9.59 Å². The van der Waals surface area contributed by atoms with Crippen molar-refractivity contribution in [2.75, 3.05) is 11.9 Å². The summed E-state index contributed by atoms with van der Waals surface area (Å²) in [6.07, 6.45) is -2.15. The number of alkyl halides is 3. The molecule has 1 atom stereocenters. The minimum absolute atomic E-state index is 0.292. The molecule has 0 aliphatic carbocycles. The first-order valence-corrected chi connectivity index (χ1v) is 7.61. The molecule has 0 bridgehead atoms. The number of ketones is 1. The molecule has 1 amide bonds. The summed E-state index contributed by atoms with van der Waals surface area (Å²) in [6.45, 7) is 4.33. The van der Waals surface area contributed by atoms with E-state index in [4.69, 9.17) is 0 Å². The first-order chi connectivity index (χ1) is 11.2. The van der Waals surface area contributed by atoms with Gasteiger partial charge in [-0.15, -0.1) is 0 Å². The number of carbonyl (C=O) groups excluding carboxylic acids is 2. The van der Waals surface area contributed by atoms with E-state index in [0.717, 1.165) is 17.3 Å². The zero-order chi connectivity index (χ0) is 17.9. The number of rotatable bonds is 4. The van der Waals surface area contributed by atoms with Gasteiger partial charge in [-0.25, -0.2) is 0 Å². The number of likely N-dealkylation sites (tertiary alicyclic amines) is 1. The Balaban J connectivity index is 2.04. The summed E-state index contributed by atoms with van der Waals surface area (Å²) in [6, 6.07) is 4.93. The topological polar surface area (TPSA) is 49.4 Å². The molecule has 1 heterocycles. The van der Waals surface area contributed by atoms with Gasteiger partial charge in [0.15, 0.2) is 0 Å². The van der Waals surface area contributed by atoms with E-state index in [0.29, 0.717) is 31.1 Å². The van der Waals surface area contributed by atoms with Gasteiger partial charge in [-0.1, -0.05) is 6.07 Å². The van der Waals surface area contributed by atoms with E-state index < -0.39 is 18.0 Å². The summed E-state index contributed by atoms with van der Waals surface area (Å²) in [5.41, 5.74) is 2.78. The van der Waals surface area contributed by atoms with Crippen molar-refractivity contribution in [2.45, 2.75) is 38.9 Å². The van der Waals surface area contributed by atoms with Crippen LogP contribution in [0.15, 0.2) is 30.5 Å². The summed E-state index contributed by atoms with van der Waals surface area (Å²) >= 11 is 0. The maximum absolute atomic E-state index is 12.4.